The summed E-state index contributed by atoms with van der Waals surface area (Å²) >= 11 is 2.01. The molecule has 16 heavy (non-hydrogen) atoms. The molecule has 1 unspecified atom stereocenters. The summed E-state index contributed by atoms with van der Waals surface area (Å²) in [6.07, 6.45) is 5.09. The predicted octanol–water partition coefficient (Wildman–Crippen LogP) is 2.77. The van der Waals surface area contributed by atoms with Crippen LogP contribution in [0.5, 0.6) is 0 Å². The molecule has 0 aromatic heterocycles. The maximum Gasteiger partial charge on any atom is 0.0667 e. The first-order valence-electron chi connectivity index (χ1n) is 6.52. The Bertz CT molecular complexity index is 263. The van der Waals surface area contributed by atoms with E-state index in [2.05, 4.69) is 36.6 Å². The van der Waals surface area contributed by atoms with Crippen LogP contribution in [0.1, 0.15) is 33.6 Å². The van der Waals surface area contributed by atoms with Gasteiger partial charge < -0.3 is 4.90 Å². The van der Waals surface area contributed by atoms with Gasteiger partial charge in [0.1, 0.15) is 0 Å². The van der Waals surface area contributed by atoms with Crippen LogP contribution in [0.3, 0.4) is 0 Å². The van der Waals surface area contributed by atoms with Crippen LogP contribution in [-0.4, -0.2) is 47.3 Å². The lowest BCUT2D eigenvalue weighted by atomic mass is 10.2. The maximum absolute atomic E-state index is 2.67. The summed E-state index contributed by atoms with van der Waals surface area (Å²) in [5, 5.41) is 2.18. The van der Waals surface area contributed by atoms with Crippen LogP contribution in [0.2, 0.25) is 0 Å². The highest BCUT2D eigenvalue weighted by atomic mass is 32.2. The third-order valence-electron chi connectivity index (χ3n) is 3.50. The van der Waals surface area contributed by atoms with Crippen LogP contribution in [0.15, 0.2) is 11.1 Å². The summed E-state index contributed by atoms with van der Waals surface area (Å²) < 4.78 is 0. The number of hydrogen-bond donors (Lipinski definition) is 0. The van der Waals surface area contributed by atoms with Crippen molar-refractivity contribution in [3.8, 4) is 0 Å². The molecule has 0 saturated carbocycles. The van der Waals surface area contributed by atoms with Gasteiger partial charge >= 0.3 is 0 Å². The Morgan fingerprint density at radius 3 is 2.81 bits per heavy atom. The molecule has 1 atom stereocenters. The molecule has 0 N–H and O–H groups in total. The van der Waals surface area contributed by atoms with E-state index in [4.69, 9.17) is 0 Å². The van der Waals surface area contributed by atoms with E-state index in [1.165, 1.54) is 44.0 Å². The van der Waals surface area contributed by atoms with Crippen molar-refractivity contribution in [1.29, 1.82) is 0 Å². The quantitative estimate of drug-likeness (QED) is 0.749. The summed E-state index contributed by atoms with van der Waals surface area (Å²) in [6, 6.07) is 0.830. The lowest BCUT2D eigenvalue weighted by molar-refractivity contribution is 0.135. The minimum atomic E-state index is 0.688. The van der Waals surface area contributed by atoms with E-state index in [9.17, 15) is 0 Å². The van der Waals surface area contributed by atoms with E-state index in [1.54, 1.807) is 0 Å². The largest absolute Gasteiger partial charge is 0.364 e. The normalized spacial score (nSPS) is 27.6. The molecule has 2 aliphatic heterocycles. The molecule has 2 aliphatic rings. The van der Waals surface area contributed by atoms with Crippen LogP contribution in [0.25, 0.3) is 0 Å². The van der Waals surface area contributed by atoms with Gasteiger partial charge in [0.05, 0.1) is 5.03 Å². The molecule has 2 rings (SSSR count). The molecule has 3 heteroatoms. The van der Waals surface area contributed by atoms with Crippen LogP contribution < -0.4 is 0 Å². The molecular weight excluding hydrogens is 216 g/mol. The molecule has 92 valence electrons. The summed E-state index contributed by atoms with van der Waals surface area (Å²) in [5.74, 6) is 0. The Kier molecular flexibility index (Phi) is 4.20. The highest BCUT2D eigenvalue weighted by Crippen LogP contribution is 2.29. The van der Waals surface area contributed by atoms with Crippen LogP contribution in [0, 0.1) is 0 Å². The highest BCUT2D eigenvalue weighted by molar-refractivity contribution is 8.03. The van der Waals surface area contributed by atoms with Crippen molar-refractivity contribution < 1.29 is 0 Å². The maximum atomic E-state index is 2.67. The van der Waals surface area contributed by atoms with Crippen molar-refractivity contribution >= 4 is 11.8 Å². The molecule has 2 fully saturated rings. The fourth-order valence-electron chi connectivity index (χ4n) is 2.76. The summed E-state index contributed by atoms with van der Waals surface area (Å²) in [7, 11) is 0. The van der Waals surface area contributed by atoms with Gasteiger partial charge in [0.25, 0.3) is 0 Å². The molecular formula is C13H24N2S. The molecule has 0 bridgehead atoms. The van der Waals surface area contributed by atoms with E-state index >= 15 is 0 Å². The zero-order valence-corrected chi connectivity index (χ0v) is 11.6. The molecule has 2 saturated heterocycles. The number of allylic oxidation sites excluding steroid dienone is 1. The monoisotopic (exact) mass is 240 g/mol. The minimum Gasteiger partial charge on any atom is -0.364 e. The number of nitrogens with zero attached hydrogens (tertiary/aromatic N) is 2. The van der Waals surface area contributed by atoms with Crippen LogP contribution in [0.4, 0.5) is 0 Å². The SMILES string of the molecule is C/C=C(\SC(C)C)N1CCN2CCCC2C1. The van der Waals surface area contributed by atoms with E-state index in [0.29, 0.717) is 5.25 Å². The molecule has 2 heterocycles. The lowest BCUT2D eigenvalue weighted by Crippen LogP contribution is -2.49. The van der Waals surface area contributed by atoms with Gasteiger partial charge in [-0.05, 0) is 26.3 Å². The van der Waals surface area contributed by atoms with Crippen molar-refractivity contribution in [2.24, 2.45) is 0 Å². The fraction of sp³-hybridized carbons (Fsp3) is 0.846. The third-order valence-corrected chi connectivity index (χ3v) is 4.71. The fourth-order valence-corrected chi connectivity index (χ4v) is 3.69. The first-order chi connectivity index (χ1) is 7.70. The standard InChI is InChI=1S/C13H24N2S/c1-4-13(16-11(2)3)15-9-8-14-7-5-6-12(14)10-15/h4,11-12H,5-10H2,1-3H3/b13-4-. The van der Waals surface area contributed by atoms with Crippen molar-refractivity contribution in [3.05, 3.63) is 11.1 Å². The van der Waals surface area contributed by atoms with Gasteiger partial charge in [-0.15, -0.1) is 11.8 Å². The number of hydrogen-bond acceptors (Lipinski definition) is 3. The number of fused-ring (bicyclic) bond motifs is 1. The van der Waals surface area contributed by atoms with Crippen molar-refractivity contribution in [1.82, 2.24) is 9.80 Å². The van der Waals surface area contributed by atoms with Gasteiger partial charge in [-0.3, -0.25) is 4.90 Å². The molecule has 2 nitrogen and oxygen atoms in total. The summed E-state index contributed by atoms with van der Waals surface area (Å²) in [6.45, 7) is 11.8. The Hall–Kier alpha value is -0.150. The van der Waals surface area contributed by atoms with E-state index in [-0.39, 0.29) is 0 Å². The summed E-state index contributed by atoms with van der Waals surface area (Å²) in [4.78, 5) is 5.26. The zero-order chi connectivity index (χ0) is 11.5. The number of rotatable bonds is 3. The molecule has 0 aromatic rings. The first kappa shape index (κ1) is 12.3. The third kappa shape index (κ3) is 2.75. The number of thioether (sulfide) groups is 1. The van der Waals surface area contributed by atoms with Crippen molar-refractivity contribution in [2.75, 3.05) is 26.2 Å². The molecule has 0 amide bonds. The Balaban J connectivity index is 1.94. The Labute approximate surface area is 104 Å². The van der Waals surface area contributed by atoms with E-state index in [1.807, 2.05) is 11.8 Å². The number of piperazine rings is 1. The van der Waals surface area contributed by atoms with Crippen LogP contribution in [-0.2, 0) is 0 Å². The second kappa shape index (κ2) is 5.46. The average molecular weight is 240 g/mol. The van der Waals surface area contributed by atoms with Crippen molar-refractivity contribution in [2.45, 2.75) is 44.9 Å². The first-order valence-corrected chi connectivity index (χ1v) is 7.40. The van der Waals surface area contributed by atoms with Gasteiger partial charge in [-0.1, -0.05) is 19.9 Å². The summed E-state index contributed by atoms with van der Waals surface area (Å²) in [5.41, 5.74) is 0. The predicted molar refractivity (Wildman–Crippen MR) is 72.7 cm³/mol. The van der Waals surface area contributed by atoms with Crippen LogP contribution >= 0.6 is 11.8 Å². The van der Waals surface area contributed by atoms with E-state index < -0.39 is 0 Å². The van der Waals surface area contributed by atoms with E-state index in [0.717, 1.165) is 6.04 Å². The Morgan fingerprint density at radius 1 is 1.31 bits per heavy atom. The second-order valence-corrected chi connectivity index (χ2v) is 6.67. The molecule has 0 spiro atoms. The minimum absolute atomic E-state index is 0.688. The molecule has 0 aromatic carbocycles. The zero-order valence-electron chi connectivity index (χ0n) is 10.8. The van der Waals surface area contributed by atoms with Gasteiger partial charge in [-0.25, -0.2) is 0 Å². The highest BCUT2D eigenvalue weighted by Gasteiger charge is 2.31. The topological polar surface area (TPSA) is 6.48 Å². The molecule has 0 radical (unpaired) electrons. The van der Waals surface area contributed by atoms with Gasteiger partial charge in [0, 0.05) is 30.9 Å². The van der Waals surface area contributed by atoms with Gasteiger partial charge in [-0.2, -0.15) is 0 Å². The molecule has 0 aliphatic carbocycles. The van der Waals surface area contributed by atoms with Gasteiger partial charge in [0.2, 0.25) is 0 Å². The van der Waals surface area contributed by atoms with Crippen molar-refractivity contribution in [3.63, 3.8) is 0 Å². The average Bonchev–Trinajstić information content (AvgIpc) is 2.72. The van der Waals surface area contributed by atoms with Gasteiger partial charge in [0.15, 0.2) is 0 Å². The lowest BCUT2D eigenvalue weighted by Gasteiger charge is -2.40. The second-order valence-electron chi connectivity index (χ2n) is 5.07. The smallest absolute Gasteiger partial charge is 0.0667 e. The Morgan fingerprint density at radius 2 is 2.12 bits per heavy atom.